The summed E-state index contributed by atoms with van der Waals surface area (Å²) in [6.07, 6.45) is 7.50. The first kappa shape index (κ1) is 21.9. The Morgan fingerprint density at radius 2 is 2.00 bits per heavy atom. The number of nitrogens with one attached hydrogen (secondary N) is 2. The highest BCUT2D eigenvalue weighted by atomic mass is 127. The molecule has 0 unspecified atom stereocenters. The molecule has 0 bridgehead atoms. The molecule has 34 heavy (non-hydrogen) atoms. The normalized spacial score (nSPS) is 22.2. The van der Waals surface area contributed by atoms with Crippen LogP contribution in [-0.2, 0) is 0 Å². The van der Waals surface area contributed by atoms with E-state index in [1.807, 2.05) is 31.3 Å². The van der Waals surface area contributed by atoms with Crippen molar-refractivity contribution in [1.82, 2.24) is 4.98 Å². The quantitative estimate of drug-likeness (QED) is 0.143. The van der Waals surface area contributed by atoms with Crippen molar-refractivity contribution in [3.05, 3.63) is 85.5 Å². The summed E-state index contributed by atoms with van der Waals surface area (Å²) in [6, 6.07) is 14.8. The molecule has 2 aromatic carbocycles. The molecule has 0 spiro atoms. The molecule has 3 heterocycles. The molecule has 6 nitrogen and oxygen atoms in total. The molecule has 172 valence electrons. The van der Waals surface area contributed by atoms with Crippen molar-refractivity contribution in [3.8, 4) is 11.5 Å². The van der Waals surface area contributed by atoms with Gasteiger partial charge in [-0.1, -0.05) is 34.1 Å². The predicted molar refractivity (Wildman–Crippen MR) is 146 cm³/mol. The number of allylic oxidation sites excluding steroid dienone is 2. The minimum Gasteiger partial charge on any atom is -0.454 e. The predicted octanol–water partition coefficient (Wildman–Crippen LogP) is 6.84. The maximum Gasteiger partial charge on any atom is 0.231 e. The number of anilines is 2. The summed E-state index contributed by atoms with van der Waals surface area (Å²) in [4.78, 5) is 4.36. The Labute approximate surface area is 220 Å². The first-order valence-corrected chi connectivity index (χ1v) is 13.0. The summed E-state index contributed by atoms with van der Waals surface area (Å²) in [6.45, 7) is 2.30. The van der Waals surface area contributed by atoms with E-state index in [-0.39, 0.29) is 12.8 Å². The molecule has 2 aliphatic heterocycles. The highest BCUT2D eigenvalue weighted by molar-refractivity contribution is 14.1. The number of nitrogens with zero attached hydrogens (tertiary/aromatic N) is 2. The van der Waals surface area contributed by atoms with Crippen LogP contribution in [0, 0.1) is 9.49 Å². The molecule has 6 rings (SSSR count). The third kappa shape index (κ3) is 3.96. The maximum absolute atomic E-state index is 5.66. The van der Waals surface area contributed by atoms with Crippen LogP contribution in [0.25, 0.3) is 0 Å². The minimum absolute atomic E-state index is 0.172. The maximum atomic E-state index is 5.66. The summed E-state index contributed by atoms with van der Waals surface area (Å²) >= 11 is 6.01. The van der Waals surface area contributed by atoms with Gasteiger partial charge in [-0.3, -0.25) is 5.43 Å². The smallest absolute Gasteiger partial charge is 0.231 e. The summed E-state index contributed by atoms with van der Waals surface area (Å²) in [5.41, 5.74) is 8.75. The Kier molecular flexibility index (Phi) is 5.73. The van der Waals surface area contributed by atoms with Gasteiger partial charge < -0.3 is 14.8 Å². The molecule has 0 fully saturated rings. The number of hydrazone groups is 1. The minimum atomic E-state index is 0.172. The molecule has 0 saturated carbocycles. The number of halogens is 2. The van der Waals surface area contributed by atoms with Gasteiger partial charge in [-0.15, -0.1) is 0 Å². The third-order valence-electron chi connectivity index (χ3n) is 6.67. The Morgan fingerprint density at radius 3 is 2.82 bits per heavy atom. The van der Waals surface area contributed by atoms with E-state index in [0.29, 0.717) is 11.8 Å². The van der Waals surface area contributed by atoms with Crippen LogP contribution in [0.3, 0.4) is 0 Å². The zero-order valence-corrected chi connectivity index (χ0v) is 22.1. The van der Waals surface area contributed by atoms with E-state index in [1.165, 1.54) is 11.1 Å². The van der Waals surface area contributed by atoms with Gasteiger partial charge in [-0.25, -0.2) is 4.98 Å². The zero-order chi connectivity index (χ0) is 23.2. The number of pyridine rings is 1. The van der Waals surface area contributed by atoms with E-state index < -0.39 is 0 Å². The molecular weight excluding hydrogens is 607 g/mol. The molecular formula is C26H22BrIN4O2. The SMILES string of the molecule is C/C(=N\Nc1ccc(I)cn1)c1ccc2c(c1)[C@@H]1C=CC[C@@H]1[C@H](c1cc3c(cc1Br)OCO3)N2. The number of fused-ring (bicyclic) bond motifs is 4. The highest BCUT2D eigenvalue weighted by Crippen LogP contribution is 2.52. The van der Waals surface area contributed by atoms with Gasteiger partial charge in [0.15, 0.2) is 11.5 Å². The van der Waals surface area contributed by atoms with Gasteiger partial charge in [-0.2, -0.15) is 5.10 Å². The van der Waals surface area contributed by atoms with Crippen LogP contribution in [0.2, 0.25) is 0 Å². The van der Waals surface area contributed by atoms with Gasteiger partial charge in [0.2, 0.25) is 6.79 Å². The topological polar surface area (TPSA) is 67.8 Å². The van der Waals surface area contributed by atoms with E-state index in [4.69, 9.17) is 9.47 Å². The molecule has 3 atom stereocenters. The van der Waals surface area contributed by atoms with Crippen molar-refractivity contribution < 1.29 is 9.47 Å². The summed E-state index contributed by atoms with van der Waals surface area (Å²) in [5, 5.41) is 8.38. The van der Waals surface area contributed by atoms with Gasteiger partial charge >= 0.3 is 0 Å². The monoisotopic (exact) mass is 628 g/mol. The van der Waals surface area contributed by atoms with Crippen LogP contribution < -0.4 is 20.2 Å². The number of ether oxygens (including phenoxy) is 2. The lowest BCUT2D eigenvalue weighted by Crippen LogP contribution is -2.29. The molecule has 0 saturated heterocycles. The number of hydrogen-bond acceptors (Lipinski definition) is 6. The molecule has 1 aliphatic carbocycles. The zero-order valence-electron chi connectivity index (χ0n) is 18.4. The van der Waals surface area contributed by atoms with E-state index in [1.54, 1.807) is 0 Å². The molecule has 3 aliphatic rings. The standard InChI is InChI=1S/C26H22BrIN4O2/c1-14(31-32-25-8-6-16(28)12-29-25)15-5-7-22-19(9-15)17-3-2-4-18(17)26(30-22)20-10-23-24(11-21(20)27)34-13-33-23/h2-3,5-12,17-18,26,30H,4,13H2,1H3,(H,29,32)/b31-14+/t17-,18+,26-/m1/s1. The van der Waals surface area contributed by atoms with Gasteiger partial charge in [0, 0.05) is 25.8 Å². The second kappa shape index (κ2) is 8.88. The molecule has 3 aromatic rings. The van der Waals surface area contributed by atoms with Gasteiger partial charge in [0.25, 0.3) is 0 Å². The van der Waals surface area contributed by atoms with Crippen LogP contribution >= 0.6 is 38.5 Å². The van der Waals surface area contributed by atoms with Crippen LogP contribution in [0.5, 0.6) is 11.5 Å². The van der Waals surface area contributed by atoms with Gasteiger partial charge in [-0.05, 0) is 94.9 Å². The second-order valence-electron chi connectivity index (χ2n) is 8.68. The molecule has 0 amide bonds. The second-order valence-corrected chi connectivity index (χ2v) is 10.8. The fourth-order valence-electron chi connectivity index (χ4n) is 4.95. The lowest BCUT2D eigenvalue weighted by atomic mass is 9.76. The van der Waals surface area contributed by atoms with Crippen molar-refractivity contribution in [2.24, 2.45) is 11.0 Å². The lowest BCUT2D eigenvalue weighted by molar-refractivity contribution is 0.174. The van der Waals surface area contributed by atoms with Crippen LogP contribution in [0.4, 0.5) is 11.5 Å². The van der Waals surface area contributed by atoms with E-state index in [9.17, 15) is 0 Å². The van der Waals surface area contributed by atoms with E-state index >= 15 is 0 Å². The van der Waals surface area contributed by atoms with Crippen molar-refractivity contribution in [1.29, 1.82) is 0 Å². The van der Waals surface area contributed by atoms with Crippen LogP contribution in [0.1, 0.15) is 42.0 Å². The van der Waals surface area contributed by atoms with Gasteiger partial charge in [0.1, 0.15) is 5.82 Å². The number of hydrogen-bond donors (Lipinski definition) is 2. The molecule has 2 N–H and O–H groups in total. The third-order valence-corrected chi connectivity index (χ3v) is 8.00. The first-order valence-electron chi connectivity index (χ1n) is 11.2. The Morgan fingerprint density at radius 1 is 1.15 bits per heavy atom. The van der Waals surface area contributed by atoms with Crippen LogP contribution in [-0.4, -0.2) is 17.5 Å². The Balaban J connectivity index is 1.30. The average molecular weight is 629 g/mol. The first-order chi connectivity index (χ1) is 16.6. The number of aromatic nitrogens is 1. The average Bonchev–Trinajstić information content (AvgIpc) is 3.52. The summed E-state index contributed by atoms with van der Waals surface area (Å²) in [7, 11) is 0. The van der Waals surface area contributed by atoms with Gasteiger partial charge in [0.05, 0.1) is 11.8 Å². The van der Waals surface area contributed by atoms with Crippen molar-refractivity contribution in [2.75, 3.05) is 17.5 Å². The number of benzene rings is 2. The Hall–Kier alpha value is -2.59. The molecule has 0 radical (unpaired) electrons. The summed E-state index contributed by atoms with van der Waals surface area (Å²) < 4.78 is 13.3. The number of rotatable bonds is 4. The van der Waals surface area contributed by atoms with Crippen LogP contribution in [0.15, 0.2) is 70.4 Å². The largest absolute Gasteiger partial charge is 0.454 e. The Bertz CT molecular complexity index is 1330. The highest BCUT2D eigenvalue weighted by Gasteiger charge is 2.39. The van der Waals surface area contributed by atoms with E-state index in [2.05, 4.69) is 95.8 Å². The molecule has 1 aromatic heterocycles. The van der Waals surface area contributed by atoms with Crippen molar-refractivity contribution in [2.45, 2.75) is 25.3 Å². The van der Waals surface area contributed by atoms with Crippen molar-refractivity contribution >= 4 is 55.7 Å². The summed E-state index contributed by atoms with van der Waals surface area (Å²) in [5.74, 6) is 3.10. The fraction of sp³-hybridized carbons (Fsp3) is 0.231. The van der Waals surface area contributed by atoms with Crippen molar-refractivity contribution in [3.63, 3.8) is 0 Å². The fourth-order valence-corrected chi connectivity index (χ4v) is 5.83. The lowest BCUT2D eigenvalue weighted by Gasteiger charge is -2.38. The van der Waals surface area contributed by atoms with E-state index in [0.717, 1.165) is 48.7 Å². The molecule has 8 heteroatoms.